The molecular weight excluding hydrogens is 420 g/mol. The van der Waals surface area contributed by atoms with Crippen molar-refractivity contribution in [3.05, 3.63) is 59.4 Å². The Morgan fingerprint density at radius 1 is 1.21 bits per heavy atom. The summed E-state index contributed by atoms with van der Waals surface area (Å²) in [6.45, 7) is 6.73. The van der Waals surface area contributed by atoms with Crippen LogP contribution in [-0.4, -0.2) is 40.4 Å². The van der Waals surface area contributed by atoms with Gasteiger partial charge in [0.25, 0.3) is 5.91 Å². The number of hydrogen-bond donors (Lipinski definition) is 2. The first-order valence-corrected chi connectivity index (χ1v) is 11.0. The predicted octanol–water partition coefficient (Wildman–Crippen LogP) is 3.33. The number of benzene rings is 1. The fourth-order valence-corrected chi connectivity index (χ4v) is 3.55. The molecule has 8 nitrogen and oxygen atoms in total. The van der Waals surface area contributed by atoms with E-state index >= 15 is 0 Å². The molecule has 0 atom stereocenters. The summed E-state index contributed by atoms with van der Waals surface area (Å²) in [5.41, 5.74) is 3.13. The van der Waals surface area contributed by atoms with Gasteiger partial charge in [0.2, 0.25) is 0 Å². The molecule has 8 heteroatoms. The Bertz CT molecular complexity index is 1130. The van der Waals surface area contributed by atoms with Gasteiger partial charge in [-0.2, -0.15) is 0 Å². The number of ether oxygens (including phenoxy) is 2. The summed E-state index contributed by atoms with van der Waals surface area (Å²) in [4.78, 5) is 33.1. The van der Waals surface area contributed by atoms with Crippen molar-refractivity contribution >= 4 is 17.5 Å². The van der Waals surface area contributed by atoms with Gasteiger partial charge in [0.05, 0.1) is 18.9 Å². The van der Waals surface area contributed by atoms with Crippen LogP contribution >= 0.6 is 0 Å². The van der Waals surface area contributed by atoms with Crippen molar-refractivity contribution in [3.63, 3.8) is 0 Å². The third-order valence-corrected chi connectivity index (χ3v) is 5.03. The molecule has 0 bridgehead atoms. The summed E-state index contributed by atoms with van der Waals surface area (Å²) < 4.78 is 11.3. The summed E-state index contributed by atoms with van der Waals surface area (Å²) in [6, 6.07) is 7.39. The number of carbonyl (C=O) groups is 2. The Kier molecular flexibility index (Phi) is 6.55. The highest BCUT2D eigenvalue weighted by molar-refractivity contribution is 5.92. The molecule has 4 rings (SSSR count). The van der Waals surface area contributed by atoms with Crippen LogP contribution in [-0.2, 0) is 27.4 Å². The van der Waals surface area contributed by atoms with Crippen molar-refractivity contribution in [3.8, 4) is 17.1 Å². The van der Waals surface area contributed by atoms with E-state index in [9.17, 15) is 9.59 Å². The molecule has 2 N–H and O–H groups in total. The standard InChI is InChI=1S/C25H28N4O4/c1-25(2,3)29-22(31)15-33-19-6-4-5-16(13-19)23-27-21-11-12-32-14-20(21)24(28-23)26-17-7-9-18(30)10-8-17/h4-9,13H,10-12,14-15H2,1-3H3,(H,29,31)(H,26,27,28). The molecule has 0 saturated carbocycles. The van der Waals surface area contributed by atoms with Crippen LogP contribution in [0.1, 0.15) is 38.4 Å². The molecule has 2 heterocycles. The first-order valence-electron chi connectivity index (χ1n) is 11.0. The number of fused-ring (bicyclic) bond motifs is 1. The highest BCUT2D eigenvalue weighted by atomic mass is 16.5. The molecule has 2 aliphatic rings. The van der Waals surface area contributed by atoms with Crippen LogP contribution in [0, 0.1) is 0 Å². The SMILES string of the molecule is CC(C)(C)NC(=O)COc1cccc(-c2nc3c(c(NC4=CCC(=O)C=C4)n2)COCC3)c1. The second kappa shape index (κ2) is 9.54. The molecule has 2 aromatic rings. The lowest BCUT2D eigenvalue weighted by molar-refractivity contribution is -0.124. The molecule has 1 aromatic carbocycles. The van der Waals surface area contributed by atoms with E-state index < -0.39 is 0 Å². The third kappa shape index (κ3) is 6.04. The lowest BCUT2D eigenvalue weighted by Crippen LogP contribution is -2.43. The quantitative estimate of drug-likeness (QED) is 0.699. The minimum atomic E-state index is -0.317. The van der Waals surface area contributed by atoms with E-state index in [0.717, 1.165) is 22.5 Å². The fraction of sp³-hybridized carbons (Fsp3) is 0.360. The van der Waals surface area contributed by atoms with Crippen LogP contribution in [0.2, 0.25) is 0 Å². The zero-order chi connectivity index (χ0) is 23.4. The number of carbonyl (C=O) groups excluding carboxylic acids is 2. The molecular formula is C25H28N4O4. The Morgan fingerprint density at radius 2 is 2.06 bits per heavy atom. The number of ketones is 1. The zero-order valence-corrected chi connectivity index (χ0v) is 19.1. The van der Waals surface area contributed by atoms with E-state index in [1.807, 2.05) is 45.0 Å². The second-order valence-corrected chi connectivity index (χ2v) is 9.03. The summed E-state index contributed by atoms with van der Waals surface area (Å²) in [7, 11) is 0. The Morgan fingerprint density at radius 3 is 2.82 bits per heavy atom. The first-order chi connectivity index (χ1) is 15.8. The Labute approximate surface area is 193 Å². The average Bonchev–Trinajstić information content (AvgIpc) is 2.78. The molecule has 0 unspecified atom stereocenters. The maximum Gasteiger partial charge on any atom is 0.258 e. The number of nitrogens with zero attached hydrogens (tertiary/aromatic N) is 2. The van der Waals surface area contributed by atoms with Crippen LogP contribution in [0.25, 0.3) is 11.4 Å². The van der Waals surface area contributed by atoms with Crippen LogP contribution in [0.15, 0.2) is 48.2 Å². The highest BCUT2D eigenvalue weighted by Gasteiger charge is 2.20. The topological polar surface area (TPSA) is 102 Å². The van der Waals surface area contributed by atoms with Gasteiger partial charge in [0, 0.05) is 35.2 Å². The summed E-state index contributed by atoms with van der Waals surface area (Å²) in [5.74, 6) is 1.67. The Hall–Kier alpha value is -3.52. The van der Waals surface area contributed by atoms with Gasteiger partial charge >= 0.3 is 0 Å². The molecule has 0 saturated heterocycles. The van der Waals surface area contributed by atoms with Gasteiger partial charge in [-0.25, -0.2) is 9.97 Å². The van der Waals surface area contributed by atoms with Crippen molar-refractivity contribution in [2.24, 2.45) is 0 Å². The summed E-state index contributed by atoms with van der Waals surface area (Å²) >= 11 is 0. The third-order valence-electron chi connectivity index (χ3n) is 5.03. The van der Waals surface area contributed by atoms with E-state index in [4.69, 9.17) is 19.4 Å². The maximum absolute atomic E-state index is 12.1. The van der Waals surface area contributed by atoms with Crippen molar-refractivity contribution in [2.45, 2.75) is 45.8 Å². The Balaban J connectivity index is 1.57. The normalized spacial score (nSPS) is 15.5. The molecule has 0 spiro atoms. The molecule has 1 aliphatic carbocycles. The number of allylic oxidation sites excluding steroid dienone is 3. The van der Waals surface area contributed by atoms with Crippen molar-refractivity contribution < 1.29 is 19.1 Å². The predicted molar refractivity (Wildman–Crippen MR) is 125 cm³/mol. The van der Waals surface area contributed by atoms with Crippen molar-refractivity contribution in [1.29, 1.82) is 0 Å². The lowest BCUT2D eigenvalue weighted by Gasteiger charge is -2.21. The van der Waals surface area contributed by atoms with Gasteiger partial charge in [-0.3, -0.25) is 9.59 Å². The van der Waals surface area contributed by atoms with E-state index in [1.54, 1.807) is 18.2 Å². The summed E-state index contributed by atoms with van der Waals surface area (Å²) in [6.07, 6.45) is 6.20. The molecule has 33 heavy (non-hydrogen) atoms. The number of nitrogens with one attached hydrogen (secondary N) is 2. The summed E-state index contributed by atoms with van der Waals surface area (Å²) in [5, 5.41) is 6.20. The van der Waals surface area contributed by atoms with Gasteiger partial charge in [-0.15, -0.1) is 0 Å². The van der Waals surface area contributed by atoms with Gasteiger partial charge < -0.3 is 20.1 Å². The van der Waals surface area contributed by atoms with Gasteiger partial charge in [0.1, 0.15) is 11.6 Å². The minimum Gasteiger partial charge on any atom is -0.484 e. The molecule has 1 amide bonds. The lowest BCUT2D eigenvalue weighted by atomic mass is 10.1. The number of anilines is 1. The van der Waals surface area contributed by atoms with Crippen molar-refractivity contribution in [2.75, 3.05) is 18.5 Å². The smallest absolute Gasteiger partial charge is 0.258 e. The fourth-order valence-electron chi connectivity index (χ4n) is 3.55. The zero-order valence-electron chi connectivity index (χ0n) is 19.1. The molecule has 1 aromatic heterocycles. The average molecular weight is 449 g/mol. The van der Waals surface area contributed by atoms with Crippen LogP contribution < -0.4 is 15.4 Å². The number of amides is 1. The molecule has 1 aliphatic heterocycles. The second-order valence-electron chi connectivity index (χ2n) is 9.03. The molecule has 172 valence electrons. The number of aromatic nitrogens is 2. The van der Waals surface area contributed by atoms with E-state index in [1.165, 1.54) is 0 Å². The largest absolute Gasteiger partial charge is 0.484 e. The monoisotopic (exact) mass is 448 g/mol. The van der Waals surface area contributed by atoms with Gasteiger partial charge in [-0.05, 0) is 45.1 Å². The van der Waals surface area contributed by atoms with E-state index in [0.29, 0.717) is 43.4 Å². The van der Waals surface area contributed by atoms with Gasteiger partial charge in [-0.1, -0.05) is 18.2 Å². The maximum atomic E-state index is 12.1. The first kappa shape index (κ1) is 22.7. The van der Waals surface area contributed by atoms with Gasteiger partial charge in [0.15, 0.2) is 18.2 Å². The van der Waals surface area contributed by atoms with Crippen LogP contribution in [0.4, 0.5) is 5.82 Å². The molecule has 0 fully saturated rings. The number of hydrogen-bond acceptors (Lipinski definition) is 7. The minimum absolute atomic E-state index is 0.0716. The van der Waals surface area contributed by atoms with Crippen LogP contribution in [0.3, 0.4) is 0 Å². The van der Waals surface area contributed by atoms with E-state index in [-0.39, 0.29) is 23.8 Å². The van der Waals surface area contributed by atoms with Crippen LogP contribution in [0.5, 0.6) is 5.75 Å². The molecule has 0 radical (unpaired) electrons. The van der Waals surface area contributed by atoms with Crippen molar-refractivity contribution in [1.82, 2.24) is 15.3 Å². The number of rotatable bonds is 6. The van der Waals surface area contributed by atoms with E-state index in [2.05, 4.69) is 10.6 Å². The highest BCUT2D eigenvalue weighted by Crippen LogP contribution is 2.29.